The van der Waals surface area contributed by atoms with Crippen LogP contribution in [-0.2, 0) is 15.1 Å². The van der Waals surface area contributed by atoms with Gasteiger partial charge in [0.25, 0.3) is 0 Å². The van der Waals surface area contributed by atoms with Gasteiger partial charge in [-0.3, -0.25) is 0 Å². The van der Waals surface area contributed by atoms with E-state index in [1.807, 2.05) is 53.1 Å². The third kappa shape index (κ3) is 4.20. The van der Waals surface area contributed by atoms with Gasteiger partial charge in [-0.25, -0.2) is 4.79 Å². The van der Waals surface area contributed by atoms with Gasteiger partial charge in [0.15, 0.2) is 0 Å². The minimum atomic E-state index is -0.600. The van der Waals surface area contributed by atoms with Crippen molar-refractivity contribution in [3.8, 4) is 0 Å². The molecule has 4 rings (SSSR count). The van der Waals surface area contributed by atoms with Gasteiger partial charge in [0.1, 0.15) is 5.60 Å². The molecule has 0 spiro atoms. The van der Waals surface area contributed by atoms with E-state index in [1.54, 1.807) is 4.90 Å². The number of hydrogen-bond donors (Lipinski definition) is 1. The number of rotatable bonds is 4. The van der Waals surface area contributed by atoms with Crippen molar-refractivity contribution in [2.45, 2.75) is 58.0 Å². The van der Waals surface area contributed by atoms with E-state index in [-0.39, 0.29) is 29.8 Å². The molecule has 1 N–H and O–H groups in total. The van der Waals surface area contributed by atoms with Crippen molar-refractivity contribution in [1.29, 1.82) is 0 Å². The molecule has 2 amide bonds. The average Bonchev–Trinajstić information content (AvgIpc) is 3.11. The summed E-state index contributed by atoms with van der Waals surface area (Å²) >= 11 is 0.372. The Kier molecular flexibility index (Phi) is 5.59. The second-order valence-corrected chi connectivity index (χ2v) is 12.0. The van der Waals surface area contributed by atoms with Crippen LogP contribution in [0.5, 0.6) is 0 Å². The number of nitrogens with one attached hydrogen (secondary N) is 1. The summed E-state index contributed by atoms with van der Waals surface area (Å²) < 4.78 is 8.90. The molecule has 2 bridgehead atoms. The van der Waals surface area contributed by atoms with Crippen LogP contribution in [0.25, 0.3) is 5.52 Å². The number of likely N-dealkylation sites (tertiary alicyclic amines) is 1. The molecule has 168 valence electrons. The number of carbonyl (C=O) groups excluding carboxylic acids is 2. The molecule has 1 unspecified atom stereocenters. The van der Waals surface area contributed by atoms with E-state index in [0.29, 0.717) is 28.0 Å². The normalized spacial score (nSPS) is 23.4. The Balaban J connectivity index is 1.44. The molecular weight excluding hydrogens is 459 g/mol. The Bertz CT molecular complexity index is 998. The number of nitrogens with zero attached hydrogens (tertiary/aromatic N) is 3. The summed E-state index contributed by atoms with van der Waals surface area (Å²) in [5, 5.41) is 3.25. The summed E-state index contributed by atoms with van der Waals surface area (Å²) in [6.45, 7) is 10.8. The monoisotopic (exact) mass is 492 g/mol. The summed E-state index contributed by atoms with van der Waals surface area (Å²) in [5.41, 5.74) is -0.00101. The van der Waals surface area contributed by atoms with E-state index in [1.165, 1.54) is 4.46 Å². The molecule has 8 heteroatoms. The van der Waals surface area contributed by atoms with Gasteiger partial charge >= 0.3 is 154 Å². The van der Waals surface area contributed by atoms with Gasteiger partial charge < -0.3 is 4.74 Å². The molecule has 2 fully saturated rings. The fourth-order valence-electron chi connectivity index (χ4n) is 4.87. The Morgan fingerprint density at radius 3 is 2.48 bits per heavy atom. The molecule has 1 aliphatic carbocycles. The minimum absolute atomic E-state index is 0.0567. The Morgan fingerprint density at radius 1 is 1.19 bits per heavy atom. The molecule has 1 saturated heterocycles. The zero-order valence-electron chi connectivity index (χ0n) is 19.1. The van der Waals surface area contributed by atoms with Crippen LogP contribution in [0.15, 0.2) is 24.5 Å². The maximum atomic E-state index is 13.2. The van der Waals surface area contributed by atoms with Gasteiger partial charge in [0.05, 0.1) is 0 Å². The average molecular weight is 491 g/mol. The summed E-state index contributed by atoms with van der Waals surface area (Å²) in [6.07, 6.45) is 4.63. The fourth-order valence-corrected chi connectivity index (χ4v) is 6.08. The predicted molar refractivity (Wildman–Crippen MR) is 121 cm³/mol. The molecule has 7 nitrogen and oxygen atoms in total. The third-order valence-corrected chi connectivity index (χ3v) is 7.88. The van der Waals surface area contributed by atoms with Crippen molar-refractivity contribution in [2.75, 3.05) is 13.1 Å². The van der Waals surface area contributed by atoms with Crippen LogP contribution < -0.4 is 9.78 Å². The van der Waals surface area contributed by atoms with Crippen molar-refractivity contribution in [2.24, 2.45) is 17.8 Å². The first-order chi connectivity index (χ1) is 14.5. The third-order valence-electron chi connectivity index (χ3n) is 6.23. The number of carbonyl (C=O) groups is 2. The first-order valence-electron chi connectivity index (χ1n) is 10.8. The predicted octanol–water partition coefficient (Wildman–Crippen LogP) is 2.57. The second kappa shape index (κ2) is 7.82. The van der Waals surface area contributed by atoms with Gasteiger partial charge in [0.2, 0.25) is 0 Å². The SMILES string of the molecule is C[Se]c1cccn2c(C(C)(C)NC(=O)C3[C@@H]4C[C@H]3CN(C(=O)OC(C)(C)C)C4)ncc12. The summed E-state index contributed by atoms with van der Waals surface area (Å²) in [4.78, 5) is 32.1. The zero-order valence-corrected chi connectivity index (χ0v) is 20.9. The van der Waals surface area contributed by atoms with Gasteiger partial charge in [-0.15, -0.1) is 0 Å². The second-order valence-electron chi connectivity index (χ2n) is 10.2. The number of aromatic nitrogens is 2. The zero-order chi connectivity index (χ0) is 22.6. The summed E-state index contributed by atoms with van der Waals surface area (Å²) in [5.74, 6) is 3.41. The maximum absolute atomic E-state index is 13.2. The van der Waals surface area contributed by atoms with Crippen molar-refractivity contribution in [1.82, 2.24) is 19.6 Å². The number of amides is 2. The summed E-state index contributed by atoms with van der Waals surface area (Å²) in [7, 11) is 0. The molecule has 0 aromatic carbocycles. The molecule has 1 aliphatic heterocycles. The molecule has 0 radical (unpaired) electrons. The molecule has 2 aliphatic rings. The Morgan fingerprint density at radius 2 is 1.87 bits per heavy atom. The van der Waals surface area contributed by atoms with E-state index >= 15 is 0 Å². The molecule has 1 saturated carbocycles. The van der Waals surface area contributed by atoms with Crippen LogP contribution in [0, 0.1) is 17.8 Å². The van der Waals surface area contributed by atoms with Crippen molar-refractivity contribution < 1.29 is 14.3 Å². The standard InChI is InChI=1S/C23H32N4O3Se/c1-22(2,3)30-21(29)26-12-14-10-15(13-26)18(14)19(28)25-23(4,5)20-24-11-16-17(31-6)8-7-9-27(16)20/h7-9,11,14-15,18H,10,12-13H2,1-6H3,(H,25,28)/t14-,15+,18?. The van der Waals surface area contributed by atoms with E-state index in [0.717, 1.165) is 17.8 Å². The quantitative estimate of drug-likeness (QED) is 0.668. The van der Waals surface area contributed by atoms with Gasteiger partial charge in [0, 0.05) is 0 Å². The van der Waals surface area contributed by atoms with E-state index < -0.39 is 11.1 Å². The molecule has 2 aromatic heterocycles. The molecule has 31 heavy (non-hydrogen) atoms. The van der Waals surface area contributed by atoms with Crippen molar-refractivity contribution in [3.63, 3.8) is 0 Å². The first-order valence-corrected chi connectivity index (χ1v) is 13.4. The number of imidazole rings is 1. The number of piperidine rings is 2. The van der Waals surface area contributed by atoms with E-state index in [9.17, 15) is 9.59 Å². The fraction of sp³-hybridized carbons (Fsp3) is 0.609. The van der Waals surface area contributed by atoms with Crippen LogP contribution in [0.2, 0.25) is 5.82 Å². The first kappa shape index (κ1) is 22.2. The Hall–Kier alpha value is -2.05. The number of ether oxygens (including phenoxy) is 1. The van der Waals surface area contributed by atoms with Crippen molar-refractivity contribution in [3.05, 3.63) is 30.4 Å². The van der Waals surface area contributed by atoms with Crippen LogP contribution in [0.1, 0.15) is 46.9 Å². The molecule has 2 aromatic rings. The van der Waals surface area contributed by atoms with Crippen molar-refractivity contribution >= 4 is 36.9 Å². The van der Waals surface area contributed by atoms with Crippen LogP contribution in [0.4, 0.5) is 4.79 Å². The van der Waals surface area contributed by atoms with E-state index in [4.69, 9.17) is 4.74 Å². The van der Waals surface area contributed by atoms with Gasteiger partial charge in [-0.1, -0.05) is 0 Å². The number of hydrogen-bond acceptors (Lipinski definition) is 4. The molecule has 3 heterocycles. The molecular formula is C23H32N4O3Se. The van der Waals surface area contributed by atoms with Gasteiger partial charge in [-0.05, 0) is 20.8 Å². The number of pyridine rings is 1. The van der Waals surface area contributed by atoms with Gasteiger partial charge in [-0.2, -0.15) is 0 Å². The molecule has 3 atom stereocenters. The number of fused-ring (bicyclic) bond motifs is 3. The van der Waals surface area contributed by atoms with Crippen LogP contribution in [-0.4, -0.2) is 59.9 Å². The van der Waals surface area contributed by atoms with Crippen LogP contribution >= 0.6 is 0 Å². The van der Waals surface area contributed by atoms with E-state index in [2.05, 4.69) is 26.6 Å². The Labute approximate surface area is 190 Å². The van der Waals surface area contributed by atoms with Crippen LogP contribution in [0.3, 0.4) is 0 Å². The summed E-state index contributed by atoms with van der Waals surface area (Å²) in [6, 6.07) is 4.18. The topological polar surface area (TPSA) is 75.9 Å².